The molecule has 3 rings (SSSR count). The molecule has 1 fully saturated rings. The van der Waals surface area contributed by atoms with Crippen molar-refractivity contribution in [3.63, 3.8) is 0 Å². The molecule has 5 nitrogen and oxygen atoms in total. The van der Waals surface area contributed by atoms with Crippen molar-refractivity contribution < 1.29 is 14.3 Å². The van der Waals surface area contributed by atoms with Crippen molar-refractivity contribution in [2.75, 3.05) is 50.9 Å². The molecule has 0 aliphatic carbocycles. The third-order valence-electron chi connectivity index (χ3n) is 3.99. The van der Waals surface area contributed by atoms with Crippen molar-refractivity contribution in [2.45, 2.75) is 0 Å². The van der Waals surface area contributed by atoms with Gasteiger partial charge in [-0.1, -0.05) is 12.1 Å². The quantitative estimate of drug-likeness (QED) is 0.585. The first-order valence-electron chi connectivity index (χ1n) is 7.60. The van der Waals surface area contributed by atoms with E-state index in [1.54, 1.807) is 36.0 Å². The van der Waals surface area contributed by atoms with Gasteiger partial charge in [0.2, 0.25) is 0 Å². The van der Waals surface area contributed by atoms with Crippen LogP contribution >= 0.6 is 11.8 Å². The Morgan fingerprint density at radius 2 is 1.55 bits per heavy atom. The minimum atomic E-state index is -0.158. The summed E-state index contributed by atoms with van der Waals surface area (Å²) in [5.74, 6) is 1.49. The van der Waals surface area contributed by atoms with E-state index in [0.717, 1.165) is 44.4 Å². The maximum Gasteiger partial charge on any atom is 0.261 e. The van der Waals surface area contributed by atoms with Crippen LogP contribution in [0.4, 0.5) is 0 Å². The van der Waals surface area contributed by atoms with Crippen molar-refractivity contribution >= 4 is 23.6 Å². The van der Waals surface area contributed by atoms with Crippen molar-refractivity contribution in [3.8, 4) is 0 Å². The smallest absolute Gasteiger partial charge is 0.261 e. The molecule has 0 N–H and O–H groups in total. The summed E-state index contributed by atoms with van der Waals surface area (Å²) < 4.78 is 5.32. The molecular weight excluding hydrogens is 300 g/mol. The second kappa shape index (κ2) is 7.26. The van der Waals surface area contributed by atoms with E-state index in [1.807, 2.05) is 0 Å². The molecule has 1 aromatic rings. The average molecular weight is 320 g/mol. The number of hydrogen-bond acceptors (Lipinski definition) is 5. The fourth-order valence-electron chi connectivity index (χ4n) is 2.72. The highest BCUT2D eigenvalue weighted by molar-refractivity contribution is 7.99. The lowest BCUT2D eigenvalue weighted by molar-refractivity contribution is 0.0410. The summed E-state index contributed by atoms with van der Waals surface area (Å²) in [6.07, 6.45) is 0. The number of imide groups is 1. The molecule has 0 saturated carbocycles. The van der Waals surface area contributed by atoms with Crippen molar-refractivity contribution in [1.82, 2.24) is 9.80 Å². The second-order valence-electron chi connectivity index (χ2n) is 5.37. The summed E-state index contributed by atoms with van der Waals surface area (Å²) in [6.45, 7) is 5.16. The predicted octanol–water partition coefficient (Wildman–Crippen LogP) is 1.35. The van der Waals surface area contributed by atoms with Crippen molar-refractivity contribution in [3.05, 3.63) is 35.4 Å². The van der Waals surface area contributed by atoms with Crippen molar-refractivity contribution in [2.24, 2.45) is 0 Å². The first-order chi connectivity index (χ1) is 10.8. The molecule has 1 saturated heterocycles. The number of carbonyl (C=O) groups excluding carboxylic acids is 2. The van der Waals surface area contributed by atoms with Crippen LogP contribution in [-0.2, 0) is 4.74 Å². The molecule has 0 atom stereocenters. The number of morpholine rings is 1. The molecule has 0 unspecified atom stereocenters. The van der Waals surface area contributed by atoms with Gasteiger partial charge >= 0.3 is 0 Å². The van der Waals surface area contributed by atoms with E-state index in [2.05, 4.69) is 4.90 Å². The Kier molecular flexibility index (Phi) is 5.12. The number of hydrogen-bond donors (Lipinski definition) is 0. The number of ether oxygens (including phenoxy) is 1. The Bertz CT molecular complexity index is 523. The molecule has 2 heterocycles. The topological polar surface area (TPSA) is 49.9 Å². The van der Waals surface area contributed by atoms with E-state index in [9.17, 15) is 9.59 Å². The number of fused-ring (bicyclic) bond motifs is 1. The van der Waals surface area contributed by atoms with Gasteiger partial charge in [-0.05, 0) is 12.1 Å². The van der Waals surface area contributed by atoms with Crippen LogP contribution < -0.4 is 0 Å². The van der Waals surface area contributed by atoms with E-state index in [0.29, 0.717) is 17.7 Å². The lowest BCUT2D eigenvalue weighted by Crippen LogP contribution is -2.37. The van der Waals surface area contributed by atoms with E-state index < -0.39 is 0 Å². The number of amides is 2. The maximum absolute atomic E-state index is 12.2. The van der Waals surface area contributed by atoms with Crippen LogP contribution in [-0.4, -0.2) is 72.5 Å². The lowest BCUT2D eigenvalue weighted by Gasteiger charge is -2.26. The van der Waals surface area contributed by atoms with Crippen molar-refractivity contribution in [1.29, 1.82) is 0 Å². The highest BCUT2D eigenvalue weighted by Gasteiger charge is 2.34. The third-order valence-corrected chi connectivity index (χ3v) is 4.94. The zero-order valence-electron chi connectivity index (χ0n) is 12.5. The van der Waals surface area contributed by atoms with Crippen LogP contribution in [0.3, 0.4) is 0 Å². The maximum atomic E-state index is 12.2. The summed E-state index contributed by atoms with van der Waals surface area (Å²) in [5, 5.41) is 0. The number of benzene rings is 1. The molecule has 1 aromatic carbocycles. The zero-order valence-corrected chi connectivity index (χ0v) is 13.3. The summed E-state index contributed by atoms with van der Waals surface area (Å²) in [5.41, 5.74) is 1.07. The molecule has 0 spiro atoms. The SMILES string of the molecule is O=C1c2ccccc2C(=O)N1CCSCCN1CCOCC1. The number of carbonyl (C=O) groups is 2. The minimum absolute atomic E-state index is 0.158. The van der Waals surface area contributed by atoms with Gasteiger partial charge in [0.25, 0.3) is 11.8 Å². The first-order valence-corrected chi connectivity index (χ1v) is 8.76. The fraction of sp³-hybridized carbons (Fsp3) is 0.500. The Morgan fingerprint density at radius 3 is 2.18 bits per heavy atom. The molecule has 2 aliphatic heterocycles. The molecular formula is C16H20N2O3S. The highest BCUT2D eigenvalue weighted by Crippen LogP contribution is 2.22. The fourth-order valence-corrected chi connectivity index (χ4v) is 3.62. The summed E-state index contributed by atoms with van der Waals surface area (Å²) in [4.78, 5) is 28.1. The third kappa shape index (κ3) is 3.34. The number of nitrogens with zero attached hydrogens (tertiary/aromatic N) is 2. The Labute approximate surface area is 134 Å². The van der Waals surface area contributed by atoms with Gasteiger partial charge in [0.05, 0.1) is 24.3 Å². The summed E-state index contributed by atoms with van der Waals surface area (Å²) in [6, 6.07) is 7.04. The second-order valence-corrected chi connectivity index (χ2v) is 6.60. The number of thioether (sulfide) groups is 1. The van der Waals surface area contributed by atoms with Gasteiger partial charge in [0, 0.05) is 37.7 Å². The van der Waals surface area contributed by atoms with Gasteiger partial charge in [-0.2, -0.15) is 11.8 Å². The first kappa shape index (κ1) is 15.5. The largest absolute Gasteiger partial charge is 0.379 e. The predicted molar refractivity (Wildman–Crippen MR) is 86.4 cm³/mol. The molecule has 2 amide bonds. The van der Waals surface area contributed by atoms with Gasteiger partial charge in [-0.25, -0.2) is 0 Å². The highest BCUT2D eigenvalue weighted by atomic mass is 32.2. The molecule has 2 aliphatic rings. The van der Waals surface area contributed by atoms with Crippen LogP contribution in [0.25, 0.3) is 0 Å². The normalized spacial score (nSPS) is 18.8. The molecule has 0 aromatic heterocycles. The minimum Gasteiger partial charge on any atom is -0.379 e. The zero-order chi connectivity index (χ0) is 15.4. The van der Waals surface area contributed by atoms with Gasteiger partial charge < -0.3 is 4.74 Å². The van der Waals surface area contributed by atoms with Gasteiger partial charge in [0.1, 0.15) is 0 Å². The average Bonchev–Trinajstić information content (AvgIpc) is 2.81. The van der Waals surface area contributed by atoms with Gasteiger partial charge in [-0.15, -0.1) is 0 Å². The summed E-state index contributed by atoms with van der Waals surface area (Å²) >= 11 is 1.79. The molecule has 0 bridgehead atoms. The van der Waals surface area contributed by atoms with E-state index in [1.165, 1.54) is 4.90 Å². The van der Waals surface area contributed by atoms with Crippen LogP contribution in [0, 0.1) is 0 Å². The van der Waals surface area contributed by atoms with Crippen LogP contribution in [0.2, 0.25) is 0 Å². The Morgan fingerprint density at radius 1 is 0.955 bits per heavy atom. The lowest BCUT2D eigenvalue weighted by atomic mass is 10.1. The molecule has 0 radical (unpaired) electrons. The van der Waals surface area contributed by atoms with Crippen LogP contribution in [0.5, 0.6) is 0 Å². The molecule has 6 heteroatoms. The monoisotopic (exact) mass is 320 g/mol. The number of rotatable bonds is 6. The van der Waals surface area contributed by atoms with Gasteiger partial charge in [-0.3, -0.25) is 19.4 Å². The van der Waals surface area contributed by atoms with Crippen LogP contribution in [0.1, 0.15) is 20.7 Å². The molecule has 22 heavy (non-hydrogen) atoms. The van der Waals surface area contributed by atoms with E-state index in [4.69, 9.17) is 4.74 Å². The van der Waals surface area contributed by atoms with E-state index >= 15 is 0 Å². The Balaban J connectivity index is 1.41. The Hall–Kier alpha value is -1.37. The van der Waals surface area contributed by atoms with Gasteiger partial charge in [0.15, 0.2) is 0 Å². The standard InChI is InChI=1S/C16H20N2O3S/c19-15-13-3-1-2-4-14(13)16(20)18(15)8-12-22-11-7-17-5-9-21-10-6-17/h1-4H,5-12H2. The van der Waals surface area contributed by atoms with E-state index in [-0.39, 0.29) is 11.8 Å². The summed E-state index contributed by atoms with van der Waals surface area (Å²) in [7, 11) is 0. The molecule has 118 valence electrons. The van der Waals surface area contributed by atoms with Crippen LogP contribution in [0.15, 0.2) is 24.3 Å².